The van der Waals surface area contributed by atoms with Gasteiger partial charge in [-0.1, -0.05) is 170 Å². The summed E-state index contributed by atoms with van der Waals surface area (Å²) in [5.41, 5.74) is 14.1. The standard InChI is InChI=1S/C56H38N2/c1-2-18-46(19-3-1)58-54-25-9-8-22-53(54)56-52(24-12-26-55(56)58)45-17-10-20-48(38-45)57(49-36-33-39-13-4-5-15-44(39)37-49)47-34-31-41(32-35-47)40-27-29-43(30-28-40)51-23-11-16-42-14-6-7-21-50(42)51/h1-38H. The van der Waals surface area contributed by atoms with Crippen molar-refractivity contribution in [3.8, 4) is 39.1 Å². The summed E-state index contributed by atoms with van der Waals surface area (Å²) in [5.74, 6) is 0. The Hall–Kier alpha value is -7.68. The molecule has 0 atom stereocenters. The molecule has 0 fully saturated rings. The van der Waals surface area contributed by atoms with Crippen molar-refractivity contribution in [3.63, 3.8) is 0 Å². The van der Waals surface area contributed by atoms with Gasteiger partial charge < -0.3 is 9.47 Å². The number of aromatic nitrogens is 1. The Labute approximate surface area is 338 Å². The van der Waals surface area contributed by atoms with Gasteiger partial charge in [-0.2, -0.15) is 0 Å². The molecule has 0 N–H and O–H groups in total. The van der Waals surface area contributed by atoms with Crippen molar-refractivity contribution in [2.45, 2.75) is 0 Å². The predicted molar refractivity (Wildman–Crippen MR) is 247 cm³/mol. The lowest BCUT2D eigenvalue weighted by atomic mass is 9.96. The number of benzene rings is 10. The summed E-state index contributed by atoms with van der Waals surface area (Å²) in [5, 5.41) is 7.47. The van der Waals surface area contributed by atoms with Gasteiger partial charge in [-0.3, -0.25) is 0 Å². The smallest absolute Gasteiger partial charge is 0.0547 e. The number of rotatable bonds is 7. The minimum atomic E-state index is 1.10. The van der Waals surface area contributed by atoms with E-state index in [0.717, 1.165) is 22.7 Å². The second kappa shape index (κ2) is 14.1. The molecule has 11 aromatic rings. The molecule has 0 unspecified atom stereocenters. The molecular formula is C56H38N2. The quantitative estimate of drug-likeness (QED) is 0.158. The predicted octanol–water partition coefficient (Wildman–Crippen LogP) is 15.6. The average molecular weight is 739 g/mol. The van der Waals surface area contributed by atoms with Crippen LogP contribution in [0.5, 0.6) is 0 Å². The molecule has 0 spiro atoms. The first-order valence-electron chi connectivity index (χ1n) is 19.9. The number of hydrogen-bond donors (Lipinski definition) is 0. The molecule has 1 aromatic heterocycles. The van der Waals surface area contributed by atoms with E-state index in [9.17, 15) is 0 Å². The molecule has 10 aromatic carbocycles. The Kier molecular flexibility index (Phi) is 8.19. The monoisotopic (exact) mass is 738 g/mol. The van der Waals surface area contributed by atoms with Crippen LogP contribution in [-0.2, 0) is 0 Å². The van der Waals surface area contributed by atoms with Crippen molar-refractivity contribution in [2.75, 3.05) is 4.90 Å². The van der Waals surface area contributed by atoms with Gasteiger partial charge in [0.25, 0.3) is 0 Å². The lowest BCUT2D eigenvalue weighted by molar-refractivity contribution is 1.18. The molecule has 0 saturated heterocycles. The van der Waals surface area contributed by atoms with Crippen LogP contribution in [0.25, 0.3) is 82.4 Å². The third-order valence-corrected chi connectivity index (χ3v) is 11.6. The molecule has 2 heteroatoms. The number of para-hydroxylation sites is 2. The Bertz CT molecular complexity index is 3260. The molecule has 58 heavy (non-hydrogen) atoms. The third kappa shape index (κ3) is 5.82. The number of anilines is 3. The lowest BCUT2D eigenvalue weighted by Gasteiger charge is -2.26. The molecule has 2 nitrogen and oxygen atoms in total. The zero-order valence-corrected chi connectivity index (χ0v) is 31.8. The van der Waals surface area contributed by atoms with Gasteiger partial charge in [-0.25, -0.2) is 0 Å². The van der Waals surface area contributed by atoms with E-state index in [4.69, 9.17) is 0 Å². The highest BCUT2D eigenvalue weighted by atomic mass is 15.1. The second-order valence-corrected chi connectivity index (χ2v) is 15.0. The van der Waals surface area contributed by atoms with Crippen LogP contribution in [0.1, 0.15) is 0 Å². The summed E-state index contributed by atoms with van der Waals surface area (Å²) in [6, 6.07) is 83.6. The summed E-state index contributed by atoms with van der Waals surface area (Å²) < 4.78 is 2.39. The molecule has 11 rings (SSSR count). The van der Waals surface area contributed by atoms with Crippen LogP contribution in [0, 0.1) is 0 Å². The van der Waals surface area contributed by atoms with E-state index in [-0.39, 0.29) is 0 Å². The zero-order chi connectivity index (χ0) is 38.4. The highest BCUT2D eigenvalue weighted by Gasteiger charge is 2.18. The summed E-state index contributed by atoms with van der Waals surface area (Å²) in [6.45, 7) is 0. The summed E-state index contributed by atoms with van der Waals surface area (Å²) in [4.78, 5) is 2.39. The van der Waals surface area contributed by atoms with Crippen molar-refractivity contribution >= 4 is 60.4 Å². The van der Waals surface area contributed by atoms with Gasteiger partial charge in [0.15, 0.2) is 0 Å². The fourth-order valence-electron chi connectivity index (χ4n) is 8.81. The Morgan fingerprint density at radius 3 is 1.69 bits per heavy atom. The summed E-state index contributed by atoms with van der Waals surface area (Å²) in [7, 11) is 0. The van der Waals surface area contributed by atoms with Crippen LogP contribution in [0.2, 0.25) is 0 Å². The molecule has 0 amide bonds. The number of nitrogens with zero attached hydrogens (tertiary/aromatic N) is 2. The topological polar surface area (TPSA) is 8.17 Å². The van der Waals surface area contributed by atoms with E-state index in [0.29, 0.717) is 0 Å². The van der Waals surface area contributed by atoms with E-state index in [1.54, 1.807) is 0 Å². The first kappa shape index (κ1) is 33.6. The molecular weight excluding hydrogens is 701 g/mol. The van der Waals surface area contributed by atoms with Crippen LogP contribution < -0.4 is 4.90 Å². The number of hydrogen-bond acceptors (Lipinski definition) is 1. The molecule has 0 radical (unpaired) electrons. The van der Waals surface area contributed by atoms with E-state index in [1.807, 2.05) is 0 Å². The van der Waals surface area contributed by atoms with Crippen LogP contribution in [-0.4, -0.2) is 4.57 Å². The van der Waals surface area contributed by atoms with E-state index in [2.05, 4.69) is 240 Å². The van der Waals surface area contributed by atoms with Crippen molar-refractivity contribution in [1.29, 1.82) is 0 Å². The van der Waals surface area contributed by atoms with Crippen LogP contribution >= 0.6 is 0 Å². The van der Waals surface area contributed by atoms with Gasteiger partial charge in [-0.15, -0.1) is 0 Å². The number of fused-ring (bicyclic) bond motifs is 5. The fraction of sp³-hybridized carbons (Fsp3) is 0. The average Bonchev–Trinajstić information content (AvgIpc) is 3.64. The Balaban J connectivity index is 1.01. The highest BCUT2D eigenvalue weighted by Crippen LogP contribution is 2.42. The third-order valence-electron chi connectivity index (χ3n) is 11.6. The summed E-state index contributed by atoms with van der Waals surface area (Å²) >= 11 is 0. The second-order valence-electron chi connectivity index (χ2n) is 15.0. The Morgan fingerprint density at radius 1 is 0.293 bits per heavy atom. The van der Waals surface area contributed by atoms with Crippen molar-refractivity contribution < 1.29 is 0 Å². The van der Waals surface area contributed by atoms with Crippen LogP contribution in [0.15, 0.2) is 231 Å². The Morgan fingerprint density at radius 2 is 0.862 bits per heavy atom. The van der Waals surface area contributed by atoms with Gasteiger partial charge in [0.2, 0.25) is 0 Å². The normalized spacial score (nSPS) is 11.4. The van der Waals surface area contributed by atoms with E-state index >= 15 is 0 Å². The van der Waals surface area contributed by atoms with Crippen molar-refractivity contribution in [1.82, 2.24) is 4.57 Å². The van der Waals surface area contributed by atoms with Crippen molar-refractivity contribution in [2.24, 2.45) is 0 Å². The summed E-state index contributed by atoms with van der Waals surface area (Å²) in [6.07, 6.45) is 0. The van der Waals surface area contributed by atoms with Gasteiger partial charge in [0.05, 0.1) is 11.0 Å². The van der Waals surface area contributed by atoms with Gasteiger partial charge in [0, 0.05) is 33.5 Å². The van der Waals surface area contributed by atoms with E-state index in [1.165, 1.54) is 76.7 Å². The van der Waals surface area contributed by atoms with Crippen LogP contribution in [0.4, 0.5) is 17.1 Å². The van der Waals surface area contributed by atoms with Gasteiger partial charge in [0.1, 0.15) is 0 Å². The molecule has 0 aliphatic carbocycles. The first-order chi connectivity index (χ1) is 28.8. The fourth-order valence-corrected chi connectivity index (χ4v) is 8.81. The molecule has 1 heterocycles. The zero-order valence-electron chi connectivity index (χ0n) is 31.8. The van der Waals surface area contributed by atoms with Gasteiger partial charge in [-0.05, 0) is 116 Å². The molecule has 272 valence electrons. The maximum absolute atomic E-state index is 2.39. The minimum Gasteiger partial charge on any atom is -0.310 e. The minimum absolute atomic E-state index is 1.10. The molecule has 0 aliphatic heterocycles. The van der Waals surface area contributed by atoms with E-state index < -0.39 is 0 Å². The SMILES string of the molecule is c1ccc(-n2c3ccccc3c3c(-c4cccc(N(c5ccc(-c6ccc(-c7cccc8ccccc78)cc6)cc5)c5ccc6ccccc6c5)c4)cccc32)cc1. The first-order valence-corrected chi connectivity index (χ1v) is 19.9. The molecule has 0 bridgehead atoms. The largest absolute Gasteiger partial charge is 0.310 e. The highest BCUT2D eigenvalue weighted by molar-refractivity contribution is 6.16. The maximum atomic E-state index is 2.39. The van der Waals surface area contributed by atoms with Crippen molar-refractivity contribution in [3.05, 3.63) is 231 Å². The molecule has 0 aliphatic rings. The maximum Gasteiger partial charge on any atom is 0.0547 e. The molecule has 0 saturated carbocycles. The van der Waals surface area contributed by atoms with Gasteiger partial charge >= 0.3 is 0 Å². The lowest BCUT2D eigenvalue weighted by Crippen LogP contribution is -2.10. The van der Waals surface area contributed by atoms with Crippen LogP contribution in [0.3, 0.4) is 0 Å².